The van der Waals surface area contributed by atoms with Crippen molar-refractivity contribution < 1.29 is 8.39 Å². The number of nitrogens with zero attached hydrogens (tertiary/aromatic N) is 1. The molecule has 0 spiro atoms. The lowest BCUT2D eigenvalue weighted by molar-refractivity contribution is 0.344. The van der Waals surface area contributed by atoms with E-state index >= 15 is 0 Å². The maximum absolute atomic E-state index is 11.1. The smallest absolute Gasteiger partial charge is 0.152 e. The van der Waals surface area contributed by atoms with Gasteiger partial charge in [-0.05, 0) is 19.9 Å². The molecule has 13 heavy (non-hydrogen) atoms. The van der Waals surface area contributed by atoms with E-state index in [1.165, 1.54) is 20.0 Å². The van der Waals surface area contributed by atoms with Gasteiger partial charge in [-0.2, -0.15) is 0 Å². The van der Waals surface area contributed by atoms with Crippen LogP contribution in [0.15, 0.2) is 4.36 Å². The van der Waals surface area contributed by atoms with Crippen molar-refractivity contribution in [1.82, 2.24) is 5.32 Å². The third-order valence-corrected chi connectivity index (χ3v) is 3.30. The van der Waals surface area contributed by atoms with Gasteiger partial charge < -0.3 is 5.32 Å². The molecular weight excluding hydrogens is 188 g/mol. The number of likely N-dealkylation sites (N-methyl/N-ethyl adjacent to an activating group) is 1. The van der Waals surface area contributed by atoms with Crippen LogP contribution in [0, 0.1) is 0 Å². The van der Waals surface area contributed by atoms with Crippen molar-refractivity contribution >= 4 is 10.9 Å². The minimum absolute atomic E-state index is 0.169. The van der Waals surface area contributed by atoms with Crippen molar-refractivity contribution in [3.8, 4) is 0 Å². The van der Waals surface area contributed by atoms with E-state index in [9.17, 15) is 4.21 Å². The molecule has 0 aromatic heterocycles. The zero-order valence-corrected chi connectivity index (χ0v) is 9.09. The van der Waals surface area contributed by atoms with Crippen molar-refractivity contribution in [3.05, 3.63) is 0 Å². The molecule has 1 fully saturated rings. The lowest BCUT2D eigenvalue weighted by Gasteiger charge is -2.27. The topological polar surface area (TPSA) is 50.7 Å². The summed E-state index contributed by atoms with van der Waals surface area (Å²) in [6.45, 7) is 0. The fourth-order valence-electron chi connectivity index (χ4n) is 1.75. The van der Waals surface area contributed by atoms with Gasteiger partial charge in [0.2, 0.25) is 0 Å². The zero-order valence-electron chi connectivity index (χ0n) is 8.19. The van der Waals surface area contributed by atoms with Crippen LogP contribution in [0.1, 0.15) is 25.7 Å². The second kappa shape index (κ2) is 5.57. The number of rotatable bonds is 3. The molecular formula is C8H18N2O2S. The molecule has 0 heterocycles. The Labute approximate surface area is 81.5 Å². The van der Waals surface area contributed by atoms with Crippen LogP contribution in [-0.2, 0) is 15.1 Å². The first kappa shape index (κ1) is 10.9. The third kappa shape index (κ3) is 3.25. The molecule has 3 atom stereocenters. The molecule has 0 radical (unpaired) electrons. The van der Waals surface area contributed by atoms with E-state index in [-0.39, 0.29) is 6.04 Å². The van der Waals surface area contributed by atoms with Crippen LogP contribution < -0.4 is 5.32 Å². The maximum Gasteiger partial charge on any atom is 0.152 e. The molecule has 1 aliphatic carbocycles. The second-order valence-electron chi connectivity index (χ2n) is 3.28. The normalized spacial score (nSPS) is 31.8. The molecule has 0 saturated heterocycles. The molecule has 1 rings (SSSR count). The van der Waals surface area contributed by atoms with E-state index in [1.54, 1.807) is 0 Å². The van der Waals surface area contributed by atoms with Gasteiger partial charge in [-0.15, -0.1) is 0 Å². The quantitative estimate of drug-likeness (QED) is 0.670. The molecule has 1 aliphatic rings. The van der Waals surface area contributed by atoms with Gasteiger partial charge in [0.05, 0.1) is 13.2 Å². The molecule has 0 aromatic rings. The van der Waals surface area contributed by atoms with Crippen LogP contribution in [-0.4, -0.2) is 30.5 Å². The minimum Gasteiger partial charge on any atom is -0.315 e. The van der Waals surface area contributed by atoms with Crippen molar-refractivity contribution in [2.45, 2.75) is 37.8 Å². The summed E-state index contributed by atoms with van der Waals surface area (Å²) in [4.78, 5) is 0. The van der Waals surface area contributed by atoms with Crippen molar-refractivity contribution in [1.29, 1.82) is 0 Å². The molecule has 3 unspecified atom stereocenters. The first-order chi connectivity index (χ1) is 6.27. The van der Waals surface area contributed by atoms with Gasteiger partial charge in [0.25, 0.3) is 0 Å². The summed E-state index contributed by atoms with van der Waals surface area (Å²) in [5.41, 5.74) is 0. The monoisotopic (exact) mass is 206 g/mol. The number of hydrogen-bond acceptors (Lipinski definition) is 4. The highest BCUT2D eigenvalue weighted by Gasteiger charge is 2.22. The van der Waals surface area contributed by atoms with Gasteiger partial charge in [0, 0.05) is 6.04 Å². The van der Waals surface area contributed by atoms with E-state index in [2.05, 4.69) is 13.9 Å². The Hall–Kier alpha value is -0.130. The van der Waals surface area contributed by atoms with E-state index in [0.29, 0.717) is 6.04 Å². The van der Waals surface area contributed by atoms with Crippen molar-refractivity contribution in [3.63, 3.8) is 0 Å². The molecule has 1 saturated carbocycles. The van der Waals surface area contributed by atoms with Gasteiger partial charge in [0.15, 0.2) is 10.9 Å². The number of hydrogen-bond donors (Lipinski definition) is 2. The van der Waals surface area contributed by atoms with Crippen molar-refractivity contribution in [2.24, 2.45) is 4.36 Å². The predicted molar refractivity (Wildman–Crippen MR) is 54.1 cm³/mol. The standard InChI is InChI=1S/C8H18N2O2S/c1-9-7-5-3-4-6-8(7)10-13(11)12-2/h7-9,13H,3-6H2,1-2H3. The maximum atomic E-state index is 11.1. The van der Waals surface area contributed by atoms with Crippen LogP contribution in [0.3, 0.4) is 0 Å². The highest BCUT2D eigenvalue weighted by Crippen LogP contribution is 2.21. The Bertz CT molecular complexity index is 226. The minimum atomic E-state index is -1.80. The predicted octanol–water partition coefficient (Wildman–Crippen LogP) is 0.743. The largest absolute Gasteiger partial charge is 0.315 e. The van der Waals surface area contributed by atoms with E-state index < -0.39 is 10.9 Å². The second-order valence-corrected chi connectivity index (χ2v) is 4.35. The van der Waals surface area contributed by atoms with Crippen LogP contribution in [0.5, 0.6) is 0 Å². The van der Waals surface area contributed by atoms with Gasteiger partial charge in [0.1, 0.15) is 0 Å². The fraction of sp³-hybridized carbons (Fsp3) is 1.00. The summed E-state index contributed by atoms with van der Waals surface area (Å²) in [5.74, 6) is 0. The third-order valence-electron chi connectivity index (χ3n) is 2.50. The van der Waals surface area contributed by atoms with E-state index in [4.69, 9.17) is 0 Å². The van der Waals surface area contributed by atoms with Crippen LogP contribution in [0.25, 0.3) is 0 Å². The van der Waals surface area contributed by atoms with Crippen LogP contribution in [0.2, 0.25) is 0 Å². The Balaban J connectivity index is 2.59. The molecule has 0 aromatic carbocycles. The summed E-state index contributed by atoms with van der Waals surface area (Å²) in [5, 5.41) is 3.21. The summed E-state index contributed by atoms with van der Waals surface area (Å²) in [6, 6.07) is 0.546. The first-order valence-corrected chi connectivity index (χ1v) is 5.80. The molecule has 0 aliphatic heterocycles. The zero-order chi connectivity index (χ0) is 9.68. The summed E-state index contributed by atoms with van der Waals surface area (Å²) < 4.78 is 19.9. The average molecular weight is 206 g/mol. The summed E-state index contributed by atoms with van der Waals surface area (Å²) >= 11 is 0. The lowest BCUT2D eigenvalue weighted by atomic mass is 9.91. The molecule has 1 N–H and O–H groups in total. The summed E-state index contributed by atoms with van der Waals surface area (Å²) in [7, 11) is 1.56. The fourth-order valence-corrected chi connectivity index (χ4v) is 2.37. The van der Waals surface area contributed by atoms with Crippen LogP contribution in [0.4, 0.5) is 0 Å². The Morgan fingerprint density at radius 2 is 2.15 bits per heavy atom. The van der Waals surface area contributed by atoms with Gasteiger partial charge in [-0.3, -0.25) is 4.18 Å². The highest BCUT2D eigenvalue weighted by molar-refractivity contribution is 7.69. The molecule has 5 heteroatoms. The van der Waals surface area contributed by atoms with Gasteiger partial charge in [-0.25, -0.2) is 8.57 Å². The average Bonchev–Trinajstić information content (AvgIpc) is 2.18. The van der Waals surface area contributed by atoms with Crippen molar-refractivity contribution in [2.75, 3.05) is 14.2 Å². The molecule has 78 valence electrons. The first-order valence-electron chi connectivity index (χ1n) is 4.67. The highest BCUT2D eigenvalue weighted by atomic mass is 32.2. The number of nitrogens with one attached hydrogen (secondary N) is 1. The SMILES string of the molecule is CNC1CCCCC1N=[SH](=O)OC. The van der Waals surface area contributed by atoms with Gasteiger partial charge in [-0.1, -0.05) is 12.8 Å². The van der Waals surface area contributed by atoms with E-state index in [0.717, 1.165) is 12.8 Å². The van der Waals surface area contributed by atoms with E-state index in [1.807, 2.05) is 7.05 Å². The molecule has 4 nitrogen and oxygen atoms in total. The van der Waals surface area contributed by atoms with Gasteiger partial charge >= 0.3 is 0 Å². The van der Waals surface area contributed by atoms with Crippen LogP contribution >= 0.6 is 0 Å². The molecule has 0 bridgehead atoms. The number of thiol groups is 1. The molecule has 0 amide bonds. The summed E-state index contributed by atoms with van der Waals surface area (Å²) in [6.07, 6.45) is 4.56. The Morgan fingerprint density at radius 1 is 1.46 bits per heavy atom. The lowest BCUT2D eigenvalue weighted by Crippen LogP contribution is -2.39. The Morgan fingerprint density at radius 3 is 2.77 bits per heavy atom. The Kier molecular flexibility index (Phi) is 4.69.